The molecule has 0 radical (unpaired) electrons. The Bertz CT molecular complexity index is 625. The van der Waals surface area contributed by atoms with E-state index in [1.807, 2.05) is 6.92 Å². The molecule has 2 N–H and O–H groups in total. The summed E-state index contributed by atoms with van der Waals surface area (Å²) in [6.07, 6.45) is 3.40. The molecule has 0 fully saturated rings. The Morgan fingerprint density at radius 3 is 2.68 bits per heavy atom. The number of nitrogens with one attached hydrogen (secondary N) is 2. The number of carbonyl (C=O) groups excluding carboxylic acids is 2. The maximum Gasteiger partial charge on any atom is 0.354 e. The molecule has 1 amide bonds. The number of ether oxygens (including phenoxy) is 1. The molecule has 6 heteroatoms. The summed E-state index contributed by atoms with van der Waals surface area (Å²) in [7, 11) is 3.02. The van der Waals surface area contributed by atoms with Crippen molar-refractivity contribution < 1.29 is 14.3 Å². The van der Waals surface area contributed by atoms with Gasteiger partial charge in [0.05, 0.1) is 12.8 Å². The topological polar surface area (TPSA) is 76.1 Å². The second-order valence-corrected chi connectivity index (χ2v) is 4.26. The number of esters is 1. The summed E-state index contributed by atoms with van der Waals surface area (Å²) >= 11 is 0. The van der Waals surface area contributed by atoms with E-state index in [4.69, 9.17) is 0 Å². The zero-order chi connectivity index (χ0) is 14.0. The van der Waals surface area contributed by atoms with E-state index in [0.717, 1.165) is 5.56 Å². The molecule has 2 aromatic heterocycles. The smallest absolute Gasteiger partial charge is 0.354 e. The van der Waals surface area contributed by atoms with Crippen LogP contribution in [-0.4, -0.2) is 28.5 Å². The lowest BCUT2D eigenvalue weighted by Crippen LogP contribution is -2.11. The Labute approximate surface area is 110 Å². The molecule has 0 spiro atoms. The van der Waals surface area contributed by atoms with Crippen LogP contribution in [0.15, 0.2) is 24.5 Å². The van der Waals surface area contributed by atoms with E-state index in [9.17, 15) is 9.59 Å². The molecule has 0 saturated carbocycles. The van der Waals surface area contributed by atoms with Gasteiger partial charge in [-0.25, -0.2) is 4.79 Å². The average Bonchev–Trinajstić information content (AvgIpc) is 2.95. The fraction of sp³-hybridized carbons (Fsp3) is 0.231. The largest absolute Gasteiger partial charge is 0.464 e. The van der Waals surface area contributed by atoms with Crippen molar-refractivity contribution in [3.05, 3.63) is 41.5 Å². The van der Waals surface area contributed by atoms with Gasteiger partial charge in [0.1, 0.15) is 11.4 Å². The lowest BCUT2D eigenvalue weighted by atomic mass is 10.3. The summed E-state index contributed by atoms with van der Waals surface area (Å²) in [5.41, 5.74) is 2.37. The minimum atomic E-state index is -0.446. The molecule has 2 heterocycles. The first-order valence-corrected chi connectivity index (χ1v) is 5.72. The lowest BCUT2D eigenvalue weighted by molar-refractivity contribution is 0.0590. The number of hydrogen-bond acceptors (Lipinski definition) is 3. The minimum absolute atomic E-state index is 0.255. The van der Waals surface area contributed by atoms with E-state index >= 15 is 0 Å². The van der Waals surface area contributed by atoms with Gasteiger partial charge in [0.25, 0.3) is 5.91 Å². The van der Waals surface area contributed by atoms with Crippen LogP contribution in [0, 0.1) is 6.92 Å². The first kappa shape index (κ1) is 12.9. The quantitative estimate of drug-likeness (QED) is 0.826. The molecule has 0 aliphatic heterocycles. The fourth-order valence-corrected chi connectivity index (χ4v) is 1.77. The van der Waals surface area contributed by atoms with Gasteiger partial charge in [-0.3, -0.25) is 4.79 Å². The average molecular weight is 261 g/mol. The number of amides is 1. The minimum Gasteiger partial charge on any atom is -0.464 e. The van der Waals surface area contributed by atoms with E-state index in [-0.39, 0.29) is 5.91 Å². The van der Waals surface area contributed by atoms with Gasteiger partial charge in [-0.05, 0) is 24.6 Å². The Balaban J connectivity index is 2.16. The first-order chi connectivity index (χ1) is 9.01. The predicted octanol–water partition coefficient (Wildman–Crippen LogP) is 1.70. The number of hydrogen-bond donors (Lipinski definition) is 2. The molecule has 0 saturated heterocycles. The van der Waals surface area contributed by atoms with Gasteiger partial charge in [0.15, 0.2) is 0 Å². The zero-order valence-electron chi connectivity index (χ0n) is 11.0. The normalized spacial score (nSPS) is 10.3. The van der Waals surface area contributed by atoms with Crippen LogP contribution < -0.4 is 5.32 Å². The first-order valence-electron chi connectivity index (χ1n) is 5.72. The van der Waals surface area contributed by atoms with Crippen molar-refractivity contribution in [2.45, 2.75) is 6.92 Å². The van der Waals surface area contributed by atoms with Crippen molar-refractivity contribution in [1.82, 2.24) is 9.55 Å². The Hall–Kier alpha value is -2.50. The second-order valence-electron chi connectivity index (χ2n) is 4.26. The van der Waals surface area contributed by atoms with Crippen molar-refractivity contribution in [3.8, 4) is 0 Å². The van der Waals surface area contributed by atoms with Crippen LogP contribution in [-0.2, 0) is 11.8 Å². The third-order valence-corrected chi connectivity index (χ3v) is 2.73. The molecular formula is C13H15N3O3. The van der Waals surface area contributed by atoms with Crippen molar-refractivity contribution in [2.24, 2.45) is 7.05 Å². The van der Waals surface area contributed by atoms with E-state index in [1.165, 1.54) is 7.11 Å². The van der Waals surface area contributed by atoms with Crippen LogP contribution in [0.4, 0.5) is 5.69 Å². The maximum atomic E-state index is 11.9. The van der Waals surface area contributed by atoms with Gasteiger partial charge in [-0.1, -0.05) is 0 Å². The molecule has 0 aliphatic carbocycles. The van der Waals surface area contributed by atoms with Gasteiger partial charge < -0.3 is 19.6 Å². The van der Waals surface area contributed by atoms with Crippen LogP contribution in [0.2, 0.25) is 0 Å². The van der Waals surface area contributed by atoms with Gasteiger partial charge in [0.2, 0.25) is 0 Å². The highest BCUT2D eigenvalue weighted by molar-refractivity contribution is 6.03. The Morgan fingerprint density at radius 1 is 1.37 bits per heavy atom. The molecule has 0 aliphatic rings. The van der Waals surface area contributed by atoms with Crippen molar-refractivity contribution in [3.63, 3.8) is 0 Å². The molecule has 0 atom stereocenters. The number of rotatable bonds is 3. The highest BCUT2D eigenvalue weighted by atomic mass is 16.5. The number of anilines is 1. The molecule has 0 unspecified atom stereocenters. The molecule has 100 valence electrons. The second kappa shape index (κ2) is 5.01. The van der Waals surface area contributed by atoms with Crippen molar-refractivity contribution in [2.75, 3.05) is 12.4 Å². The van der Waals surface area contributed by atoms with Crippen LogP contribution >= 0.6 is 0 Å². The summed E-state index contributed by atoms with van der Waals surface area (Å²) in [5, 5.41) is 2.71. The Kier molecular flexibility index (Phi) is 3.41. The van der Waals surface area contributed by atoms with Gasteiger partial charge in [-0.2, -0.15) is 0 Å². The number of nitrogens with zero attached hydrogens (tertiary/aromatic N) is 1. The van der Waals surface area contributed by atoms with Gasteiger partial charge >= 0.3 is 5.97 Å². The molecular weight excluding hydrogens is 246 g/mol. The number of H-pyrrole nitrogens is 1. The number of carbonyl (C=O) groups is 2. The third kappa shape index (κ3) is 2.67. The lowest BCUT2D eigenvalue weighted by Gasteiger charge is -1.99. The fourth-order valence-electron chi connectivity index (χ4n) is 1.77. The van der Waals surface area contributed by atoms with Crippen molar-refractivity contribution in [1.29, 1.82) is 0 Å². The van der Waals surface area contributed by atoms with Gasteiger partial charge in [0, 0.05) is 19.4 Å². The highest BCUT2D eigenvalue weighted by Crippen LogP contribution is 2.15. The summed E-state index contributed by atoms with van der Waals surface area (Å²) in [6.45, 7) is 1.89. The van der Waals surface area contributed by atoms with E-state index < -0.39 is 5.97 Å². The molecule has 2 rings (SSSR count). The van der Waals surface area contributed by atoms with E-state index in [2.05, 4.69) is 15.0 Å². The molecule has 19 heavy (non-hydrogen) atoms. The van der Waals surface area contributed by atoms with E-state index in [0.29, 0.717) is 17.1 Å². The van der Waals surface area contributed by atoms with Crippen LogP contribution in [0.1, 0.15) is 26.5 Å². The monoisotopic (exact) mass is 261 g/mol. The summed E-state index contributed by atoms with van der Waals surface area (Å²) in [6, 6.07) is 3.32. The zero-order valence-corrected chi connectivity index (χ0v) is 11.0. The van der Waals surface area contributed by atoms with E-state index in [1.54, 1.807) is 36.1 Å². The number of aromatic nitrogens is 2. The molecule has 0 bridgehead atoms. The standard InChI is InChI=1S/C13H15N3O3/c1-8-4-10(14-6-8)12(17)15-9-5-11(13(18)19-3)16(2)7-9/h4-7,14H,1-3H3,(H,15,17). The molecule has 6 nitrogen and oxygen atoms in total. The third-order valence-electron chi connectivity index (χ3n) is 2.73. The summed E-state index contributed by atoms with van der Waals surface area (Å²) in [4.78, 5) is 26.2. The molecule has 2 aromatic rings. The predicted molar refractivity (Wildman–Crippen MR) is 70.2 cm³/mol. The van der Waals surface area contributed by atoms with Crippen molar-refractivity contribution >= 4 is 17.6 Å². The van der Waals surface area contributed by atoms with Crippen LogP contribution in [0.25, 0.3) is 0 Å². The number of aromatic amines is 1. The molecule has 0 aromatic carbocycles. The van der Waals surface area contributed by atoms with Crippen LogP contribution in [0.5, 0.6) is 0 Å². The highest BCUT2D eigenvalue weighted by Gasteiger charge is 2.14. The maximum absolute atomic E-state index is 11.9. The number of aryl methyl sites for hydroxylation is 2. The van der Waals surface area contributed by atoms with Crippen LogP contribution in [0.3, 0.4) is 0 Å². The summed E-state index contributed by atoms with van der Waals surface area (Å²) < 4.78 is 6.24. The van der Waals surface area contributed by atoms with Gasteiger partial charge in [-0.15, -0.1) is 0 Å². The number of methoxy groups -OCH3 is 1. The Morgan fingerprint density at radius 2 is 2.11 bits per heavy atom. The SMILES string of the molecule is COC(=O)c1cc(NC(=O)c2cc(C)c[nH]2)cn1C. The summed E-state index contributed by atoms with van der Waals surface area (Å²) in [5.74, 6) is -0.700.